The maximum atomic E-state index is 14.3. The quantitative estimate of drug-likeness (QED) is 0.124. The van der Waals surface area contributed by atoms with Crippen LogP contribution in [0.15, 0.2) is 71.6 Å². The first-order chi connectivity index (χ1) is 24.7. The average Bonchev–Trinajstić information content (AvgIpc) is 3.15. The smallest absolute Gasteiger partial charge is 0.305 e. The molecule has 12 heteroatoms. The number of piperidine rings is 1. The van der Waals surface area contributed by atoms with Gasteiger partial charge in [-0.05, 0) is 67.1 Å². The minimum atomic E-state index is -3.92. The van der Waals surface area contributed by atoms with Crippen LogP contribution in [0.5, 0.6) is 5.75 Å². The number of nitrogens with zero attached hydrogens (tertiary/aromatic N) is 2. The van der Waals surface area contributed by atoms with E-state index in [1.165, 1.54) is 11.4 Å². The Bertz CT molecular complexity index is 1650. The minimum Gasteiger partial charge on any atom is -0.490 e. The molecule has 3 aromatic rings. The molecule has 2 aliphatic heterocycles. The summed E-state index contributed by atoms with van der Waals surface area (Å²) in [7, 11) is 0.790. The van der Waals surface area contributed by atoms with Gasteiger partial charge in [0.25, 0.3) is 0 Å². The number of ether oxygens (including phenoxy) is 6. The molecule has 2 heterocycles. The number of anilines is 1. The lowest BCUT2D eigenvalue weighted by Crippen LogP contribution is -2.52. The molecule has 0 unspecified atom stereocenters. The zero-order valence-electron chi connectivity index (χ0n) is 30.3. The summed E-state index contributed by atoms with van der Waals surface area (Å²) < 4.78 is 63.8. The molecule has 0 spiro atoms. The molecular weight excluding hydrogens is 673 g/mol. The van der Waals surface area contributed by atoms with E-state index in [4.69, 9.17) is 28.4 Å². The number of hydrogen-bond donors (Lipinski definition) is 0. The highest BCUT2D eigenvalue weighted by Crippen LogP contribution is 2.39. The van der Waals surface area contributed by atoms with E-state index in [2.05, 4.69) is 23.1 Å². The predicted molar refractivity (Wildman–Crippen MR) is 195 cm³/mol. The van der Waals surface area contributed by atoms with Gasteiger partial charge in [0.15, 0.2) is 0 Å². The van der Waals surface area contributed by atoms with E-state index >= 15 is 0 Å². The van der Waals surface area contributed by atoms with Crippen LogP contribution in [0.1, 0.15) is 53.9 Å². The Morgan fingerprint density at radius 3 is 2.37 bits per heavy atom. The molecule has 5 rings (SSSR count). The van der Waals surface area contributed by atoms with E-state index in [0.717, 1.165) is 53.2 Å². The molecule has 1 fully saturated rings. The topological polar surface area (TPSA) is 113 Å². The maximum Gasteiger partial charge on any atom is 0.305 e. The summed E-state index contributed by atoms with van der Waals surface area (Å²) in [6.07, 6.45) is 1.35. The third kappa shape index (κ3) is 10.3. The number of benzene rings is 3. The molecular formula is C39H52N2O9S. The first kappa shape index (κ1) is 38.7. The van der Waals surface area contributed by atoms with E-state index in [1.807, 2.05) is 31.2 Å². The summed E-state index contributed by atoms with van der Waals surface area (Å²) in [6, 6.07) is 20.8. The highest BCUT2D eigenvalue weighted by molar-refractivity contribution is 7.89. The van der Waals surface area contributed by atoms with Crippen LogP contribution in [0.2, 0.25) is 0 Å². The van der Waals surface area contributed by atoms with Crippen molar-refractivity contribution in [2.24, 2.45) is 0 Å². The number of esters is 1. The Morgan fingerprint density at radius 1 is 0.902 bits per heavy atom. The second kappa shape index (κ2) is 18.8. The minimum absolute atomic E-state index is 0.106. The molecule has 0 aliphatic carbocycles. The molecule has 0 N–H and O–H groups in total. The summed E-state index contributed by atoms with van der Waals surface area (Å²) in [5.41, 5.74) is 5.03. The molecule has 11 nitrogen and oxygen atoms in total. The van der Waals surface area contributed by atoms with E-state index in [1.54, 1.807) is 38.5 Å². The summed E-state index contributed by atoms with van der Waals surface area (Å²) in [5.74, 6) is 0.336. The number of rotatable bonds is 18. The van der Waals surface area contributed by atoms with Crippen LogP contribution in [0, 0.1) is 6.92 Å². The Hall–Kier alpha value is -3.52. The fourth-order valence-corrected chi connectivity index (χ4v) is 8.44. The molecule has 51 heavy (non-hydrogen) atoms. The van der Waals surface area contributed by atoms with Crippen LogP contribution in [0.3, 0.4) is 0 Å². The van der Waals surface area contributed by atoms with Crippen molar-refractivity contribution in [3.63, 3.8) is 0 Å². The van der Waals surface area contributed by atoms with Crippen molar-refractivity contribution in [3.8, 4) is 5.75 Å². The lowest BCUT2D eigenvalue weighted by Gasteiger charge is -2.43. The van der Waals surface area contributed by atoms with E-state index in [0.29, 0.717) is 45.9 Å². The van der Waals surface area contributed by atoms with Gasteiger partial charge in [0, 0.05) is 52.3 Å². The van der Waals surface area contributed by atoms with Gasteiger partial charge >= 0.3 is 5.97 Å². The van der Waals surface area contributed by atoms with Gasteiger partial charge in [-0.1, -0.05) is 48.0 Å². The van der Waals surface area contributed by atoms with Crippen LogP contribution >= 0.6 is 0 Å². The highest BCUT2D eigenvalue weighted by atomic mass is 32.2. The normalized spacial score (nSPS) is 19.4. The van der Waals surface area contributed by atoms with Crippen molar-refractivity contribution in [1.82, 2.24) is 4.31 Å². The van der Waals surface area contributed by atoms with E-state index < -0.39 is 22.2 Å². The molecule has 0 radical (unpaired) electrons. The zero-order valence-corrected chi connectivity index (χ0v) is 31.1. The third-order valence-electron chi connectivity index (χ3n) is 9.61. The van der Waals surface area contributed by atoms with Crippen molar-refractivity contribution < 1.29 is 41.6 Å². The van der Waals surface area contributed by atoms with Gasteiger partial charge in [-0.15, -0.1) is 0 Å². The van der Waals surface area contributed by atoms with Crippen LogP contribution in [-0.2, 0) is 51.7 Å². The Kier molecular flexibility index (Phi) is 14.3. The van der Waals surface area contributed by atoms with Gasteiger partial charge in [0.2, 0.25) is 10.0 Å². The number of carbonyl (C=O) groups is 1. The fraction of sp³-hybridized carbons (Fsp3) is 0.513. The van der Waals surface area contributed by atoms with Crippen LogP contribution < -0.4 is 9.64 Å². The second-order valence-corrected chi connectivity index (χ2v) is 15.0. The van der Waals surface area contributed by atoms with Crippen molar-refractivity contribution in [2.75, 3.05) is 72.3 Å². The zero-order chi connectivity index (χ0) is 36.2. The summed E-state index contributed by atoms with van der Waals surface area (Å²) in [6.45, 7) is 6.78. The van der Waals surface area contributed by atoms with Gasteiger partial charge in [-0.3, -0.25) is 4.79 Å². The van der Waals surface area contributed by atoms with Gasteiger partial charge in [-0.25, -0.2) is 8.42 Å². The van der Waals surface area contributed by atoms with Gasteiger partial charge in [0.05, 0.1) is 56.8 Å². The fourth-order valence-electron chi connectivity index (χ4n) is 6.76. The van der Waals surface area contributed by atoms with Crippen LogP contribution in [-0.4, -0.2) is 98.2 Å². The molecule has 3 aromatic carbocycles. The second-order valence-electron chi connectivity index (χ2n) is 13.1. The average molecular weight is 725 g/mol. The van der Waals surface area contributed by atoms with E-state index in [-0.39, 0.29) is 36.4 Å². The number of methoxy groups -OCH3 is 3. The number of carbonyl (C=O) groups excluding carboxylic acids is 1. The number of sulfonamides is 1. The molecule has 3 atom stereocenters. The van der Waals surface area contributed by atoms with Gasteiger partial charge < -0.3 is 33.3 Å². The lowest BCUT2D eigenvalue weighted by molar-refractivity contribution is -0.141. The largest absolute Gasteiger partial charge is 0.490 e. The third-order valence-corrected chi connectivity index (χ3v) is 11.5. The van der Waals surface area contributed by atoms with Gasteiger partial charge in [-0.2, -0.15) is 4.31 Å². The lowest BCUT2D eigenvalue weighted by atomic mass is 9.82. The standard InChI is InChI=1S/C39H52N2O9S/c1-29-6-14-34(15-7-29)51(43,44)41-26-38(50-28-31-10-16-37-36(24-31)40(19-21-49-37)18-5-20-45-2)35(25-33(41)13-17-39(42)47-4)32-11-8-30(9-12-32)27-48-23-22-46-3/h6-12,14-16,24,33,35,38H,5,13,17-23,25-28H2,1-4H3/t33-,35+,38-/m0/s1. The molecule has 0 bridgehead atoms. The van der Waals surface area contributed by atoms with Crippen molar-refractivity contribution in [2.45, 2.75) is 68.8 Å². The summed E-state index contributed by atoms with van der Waals surface area (Å²) in [4.78, 5) is 14.8. The molecule has 0 aromatic heterocycles. The van der Waals surface area contributed by atoms with Crippen molar-refractivity contribution in [3.05, 3.63) is 89.0 Å². The summed E-state index contributed by atoms with van der Waals surface area (Å²) >= 11 is 0. The number of fused-ring (bicyclic) bond motifs is 1. The summed E-state index contributed by atoms with van der Waals surface area (Å²) in [5, 5.41) is 0. The Morgan fingerprint density at radius 2 is 1.65 bits per heavy atom. The van der Waals surface area contributed by atoms with E-state index in [9.17, 15) is 13.2 Å². The number of hydrogen-bond acceptors (Lipinski definition) is 10. The highest BCUT2D eigenvalue weighted by Gasteiger charge is 2.43. The maximum absolute atomic E-state index is 14.3. The molecule has 0 saturated carbocycles. The van der Waals surface area contributed by atoms with Crippen LogP contribution in [0.25, 0.3) is 0 Å². The first-order valence-electron chi connectivity index (χ1n) is 17.7. The molecule has 278 valence electrons. The van der Waals surface area contributed by atoms with Gasteiger partial charge in [0.1, 0.15) is 12.4 Å². The Balaban J connectivity index is 1.43. The molecule has 2 aliphatic rings. The van der Waals surface area contributed by atoms with Crippen molar-refractivity contribution >= 4 is 21.7 Å². The number of aryl methyl sites for hydroxylation is 1. The molecule has 1 saturated heterocycles. The predicted octanol–water partition coefficient (Wildman–Crippen LogP) is 5.48. The monoisotopic (exact) mass is 724 g/mol. The first-order valence-corrected chi connectivity index (χ1v) is 19.1. The SMILES string of the molecule is COCCCN1CCOc2ccc(CO[C@H]3CN(S(=O)(=O)c4ccc(C)cc4)[C@@H](CCC(=O)OC)C[C@@H]3c3ccc(COCCOC)cc3)cc21. The molecule has 0 amide bonds. The van der Waals surface area contributed by atoms with Crippen LogP contribution in [0.4, 0.5) is 5.69 Å². The van der Waals surface area contributed by atoms with Crippen molar-refractivity contribution in [1.29, 1.82) is 0 Å². The Labute approximate surface area is 302 Å².